The lowest BCUT2D eigenvalue weighted by molar-refractivity contribution is -0.132. The van der Waals surface area contributed by atoms with Gasteiger partial charge in [0, 0.05) is 61.9 Å². The third kappa shape index (κ3) is 9.36. The van der Waals surface area contributed by atoms with Gasteiger partial charge in [0.05, 0.1) is 25.3 Å². The van der Waals surface area contributed by atoms with E-state index in [4.69, 9.17) is 15.3 Å². The van der Waals surface area contributed by atoms with Crippen LogP contribution in [0.15, 0.2) is 60.8 Å². The van der Waals surface area contributed by atoms with Crippen molar-refractivity contribution in [3.8, 4) is 11.1 Å². The van der Waals surface area contributed by atoms with E-state index in [2.05, 4.69) is 41.5 Å². The van der Waals surface area contributed by atoms with E-state index < -0.39 is 0 Å². The Morgan fingerprint density at radius 2 is 1.71 bits per heavy atom. The third-order valence-corrected chi connectivity index (χ3v) is 8.06. The van der Waals surface area contributed by atoms with Gasteiger partial charge in [-0.1, -0.05) is 50.2 Å². The molecule has 1 atom stereocenters. The molecule has 1 amide bonds. The number of halogens is 1. The van der Waals surface area contributed by atoms with E-state index in [0.29, 0.717) is 25.0 Å². The molecule has 8 nitrogen and oxygen atoms in total. The van der Waals surface area contributed by atoms with Gasteiger partial charge in [-0.3, -0.25) is 4.79 Å². The Kier molecular flexibility index (Phi) is 14.5. The summed E-state index contributed by atoms with van der Waals surface area (Å²) < 4.78 is 16.6. The highest BCUT2D eigenvalue weighted by atomic mass is 19.1. The van der Waals surface area contributed by atoms with Crippen LogP contribution in [0.4, 0.5) is 10.2 Å². The number of carbonyl (C=O) groups is 1. The average molecular weight is 621 g/mol. The van der Waals surface area contributed by atoms with Crippen LogP contribution in [0.3, 0.4) is 0 Å². The van der Waals surface area contributed by atoms with Crippen LogP contribution in [0.1, 0.15) is 62.3 Å². The number of amides is 1. The summed E-state index contributed by atoms with van der Waals surface area (Å²) in [4.78, 5) is 19.5. The lowest BCUT2D eigenvalue weighted by Crippen LogP contribution is -2.39. The zero-order chi connectivity index (χ0) is 32.8. The van der Waals surface area contributed by atoms with Gasteiger partial charge in [-0.15, -0.1) is 0 Å². The van der Waals surface area contributed by atoms with Crippen molar-refractivity contribution in [2.45, 2.75) is 58.8 Å². The van der Waals surface area contributed by atoms with E-state index in [0.717, 1.165) is 65.8 Å². The first-order chi connectivity index (χ1) is 21.9. The summed E-state index contributed by atoms with van der Waals surface area (Å²) in [5, 5.41) is 28.2. The van der Waals surface area contributed by atoms with Crippen LogP contribution < -0.4 is 5.32 Å². The first-order valence-corrected chi connectivity index (χ1v) is 16.0. The number of nitrogens with one attached hydrogen (secondary N) is 1. The molecule has 0 aliphatic carbocycles. The van der Waals surface area contributed by atoms with Crippen molar-refractivity contribution in [2.24, 2.45) is 7.05 Å². The first kappa shape index (κ1) is 35.7. The SMILES string of the molecule is CC.Cc1c(C2CCCN(C(=O)CCCc3ccc(-c4ccc(NCCO)nc4)cc3)C2)n(C)c2c(F)cccc12.OCCO. The number of anilines is 1. The molecule has 2 aromatic carbocycles. The molecular formula is C36H49FN4O4. The Morgan fingerprint density at radius 1 is 1.00 bits per heavy atom. The highest BCUT2D eigenvalue weighted by Crippen LogP contribution is 2.35. The Bertz CT molecular complexity index is 1470. The van der Waals surface area contributed by atoms with E-state index in [1.807, 2.05) is 54.8 Å². The number of nitrogens with zero attached hydrogens (tertiary/aromatic N) is 3. The van der Waals surface area contributed by atoms with E-state index in [-0.39, 0.29) is 37.5 Å². The first-order valence-electron chi connectivity index (χ1n) is 16.0. The van der Waals surface area contributed by atoms with Crippen LogP contribution in [-0.4, -0.2) is 75.1 Å². The van der Waals surface area contributed by atoms with Crippen molar-refractivity contribution < 1.29 is 24.5 Å². The number of piperidine rings is 1. The van der Waals surface area contributed by atoms with Crippen molar-refractivity contribution in [3.63, 3.8) is 0 Å². The van der Waals surface area contributed by atoms with Crippen molar-refractivity contribution in [1.82, 2.24) is 14.5 Å². The zero-order valence-electron chi connectivity index (χ0n) is 27.1. The summed E-state index contributed by atoms with van der Waals surface area (Å²) >= 11 is 0. The summed E-state index contributed by atoms with van der Waals surface area (Å²) in [6, 6.07) is 17.6. The maximum absolute atomic E-state index is 14.6. The van der Waals surface area contributed by atoms with Gasteiger partial charge < -0.3 is 30.1 Å². The number of carbonyl (C=O) groups excluding carboxylic acids is 1. The van der Waals surface area contributed by atoms with Gasteiger partial charge in [0.25, 0.3) is 0 Å². The zero-order valence-corrected chi connectivity index (χ0v) is 27.1. The van der Waals surface area contributed by atoms with Gasteiger partial charge in [-0.2, -0.15) is 0 Å². The molecule has 5 rings (SSSR count). The lowest BCUT2D eigenvalue weighted by Gasteiger charge is -2.33. The molecule has 9 heteroatoms. The van der Waals surface area contributed by atoms with Crippen LogP contribution in [0, 0.1) is 12.7 Å². The number of aryl methyl sites for hydroxylation is 3. The standard InChI is InChI=1S/C32H37FN4O2.C2H6O2.C2H6/c1-22-27-8-4-9-28(33)32(27)36(2)31(22)26-7-5-18-37(21-26)30(39)10-3-6-23-11-13-24(14-12-23)25-15-16-29(35-20-25)34-17-19-38;3-1-2-4;1-2/h4,8-9,11-16,20,26,38H,3,5-7,10,17-19,21H2,1-2H3,(H,34,35);3-4H,1-2H2;1-2H3. The quantitative estimate of drug-likeness (QED) is 0.178. The molecule has 3 heterocycles. The smallest absolute Gasteiger partial charge is 0.222 e. The lowest BCUT2D eigenvalue weighted by atomic mass is 9.91. The molecule has 2 aromatic heterocycles. The Morgan fingerprint density at radius 3 is 2.33 bits per heavy atom. The predicted octanol–water partition coefficient (Wildman–Crippen LogP) is 5.82. The number of aromatic nitrogens is 2. The summed E-state index contributed by atoms with van der Waals surface area (Å²) in [5.74, 6) is 0.985. The van der Waals surface area contributed by atoms with Gasteiger partial charge in [0.1, 0.15) is 11.6 Å². The summed E-state index contributed by atoms with van der Waals surface area (Å²) in [7, 11) is 1.95. The van der Waals surface area contributed by atoms with Crippen LogP contribution in [0.25, 0.3) is 22.0 Å². The largest absolute Gasteiger partial charge is 0.395 e. The van der Waals surface area contributed by atoms with Gasteiger partial charge in [-0.05, 0) is 67.5 Å². The van der Waals surface area contributed by atoms with Gasteiger partial charge in [0.15, 0.2) is 0 Å². The molecule has 4 aromatic rings. The second kappa shape index (κ2) is 18.2. The molecule has 45 heavy (non-hydrogen) atoms. The minimum absolute atomic E-state index is 0.0716. The van der Waals surface area contributed by atoms with Crippen molar-refractivity contribution in [3.05, 3.63) is 83.4 Å². The fourth-order valence-electron chi connectivity index (χ4n) is 5.99. The fraction of sp³-hybridized carbons (Fsp3) is 0.444. The number of fused-ring (bicyclic) bond motifs is 1. The number of likely N-dealkylation sites (tertiary alicyclic amines) is 1. The predicted molar refractivity (Wildman–Crippen MR) is 180 cm³/mol. The number of para-hydroxylation sites is 1. The molecule has 0 saturated carbocycles. The molecule has 1 fully saturated rings. The molecule has 0 bridgehead atoms. The number of pyridine rings is 1. The van der Waals surface area contributed by atoms with Gasteiger partial charge >= 0.3 is 0 Å². The Hall–Kier alpha value is -3.79. The van der Waals surface area contributed by atoms with Crippen molar-refractivity contribution in [1.29, 1.82) is 0 Å². The summed E-state index contributed by atoms with van der Waals surface area (Å²) in [6.45, 7) is 7.87. The molecule has 1 aliphatic heterocycles. The van der Waals surface area contributed by atoms with E-state index >= 15 is 0 Å². The Balaban J connectivity index is 0.000000853. The number of aliphatic hydroxyl groups is 3. The van der Waals surface area contributed by atoms with Gasteiger partial charge in [0.2, 0.25) is 5.91 Å². The van der Waals surface area contributed by atoms with Crippen molar-refractivity contribution >= 4 is 22.6 Å². The molecule has 244 valence electrons. The normalized spacial score (nSPS) is 14.3. The molecular weight excluding hydrogens is 571 g/mol. The monoisotopic (exact) mass is 620 g/mol. The third-order valence-electron chi connectivity index (χ3n) is 8.06. The molecule has 1 aliphatic rings. The molecule has 0 radical (unpaired) electrons. The maximum atomic E-state index is 14.6. The summed E-state index contributed by atoms with van der Waals surface area (Å²) in [5.41, 5.74) is 6.28. The maximum Gasteiger partial charge on any atom is 0.222 e. The molecule has 1 saturated heterocycles. The van der Waals surface area contributed by atoms with Crippen LogP contribution in [0.2, 0.25) is 0 Å². The van der Waals surface area contributed by atoms with E-state index in [9.17, 15) is 9.18 Å². The van der Waals surface area contributed by atoms with Gasteiger partial charge in [-0.25, -0.2) is 9.37 Å². The highest BCUT2D eigenvalue weighted by Gasteiger charge is 2.29. The van der Waals surface area contributed by atoms with E-state index in [1.54, 1.807) is 6.07 Å². The number of hydrogen-bond donors (Lipinski definition) is 4. The molecule has 1 unspecified atom stereocenters. The number of benzene rings is 2. The van der Waals surface area contributed by atoms with Crippen molar-refractivity contribution in [2.75, 3.05) is 44.8 Å². The summed E-state index contributed by atoms with van der Waals surface area (Å²) in [6.07, 6.45) is 6.01. The fourth-order valence-corrected chi connectivity index (χ4v) is 5.99. The minimum atomic E-state index is -0.192. The van der Waals surface area contributed by atoms with E-state index in [1.165, 1.54) is 11.6 Å². The Labute approximate surface area is 266 Å². The van der Waals surface area contributed by atoms with Crippen LogP contribution in [0.5, 0.6) is 0 Å². The molecule has 4 N–H and O–H groups in total. The number of aliphatic hydroxyl groups excluding tert-OH is 3. The second-order valence-electron chi connectivity index (χ2n) is 11.0. The number of rotatable bonds is 10. The highest BCUT2D eigenvalue weighted by molar-refractivity contribution is 5.86. The van der Waals surface area contributed by atoms with Crippen LogP contribution >= 0.6 is 0 Å². The molecule has 0 spiro atoms. The number of hydrogen-bond acceptors (Lipinski definition) is 6. The van der Waals surface area contributed by atoms with Crippen LogP contribution in [-0.2, 0) is 18.3 Å². The average Bonchev–Trinajstić information content (AvgIpc) is 3.35. The second-order valence-corrected chi connectivity index (χ2v) is 11.0. The minimum Gasteiger partial charge on any atom is -0.395 e. The topological polar surface area (TPSA) is 111 Å².